The van der Waals surface area contributed by atoms with Crippen molar-refractivity contribution >= 4 is 27.3 Å². The highest BCUT2D eigenvalue weighted by Gasteiger charge is 2.25. The van der Waals surface area contributed by atoms with Crippen molar-refractivity contribution in [2.45, 2.75) is 18.2 Å². The molecule has 1 N–H and O–H groups in total. The summed E-state index contributed by atoms with van der Waals surface area (Å²) in [7, 11) is -2.47. The molecule has 31 heavy (non-hydrogen) atoms. The van der Waals surface area contributed by atoms with Crippen LogP contribution in [0.5, 0.6) is 5.75 Å². The Kier molecular flexibility index (Phi) is 6.91. The summed E-state index contributed by atoms with van der Waals surface area (Å²) in [6, 6.07) is 19.0. The first kappa shape index (κ1) is 22.3. The van der Waals surface area contributed by atoms with Gasteiger partial charge in [0.15, 0.2) is 0 Å². The van der Waals surface area contributed by atoms with E-state index in [9.17, 15) is 17.6 Å². The Morgan fingerprint density at radius 2 is 1.71 bits per heavy atom. The standard InChI is InChI=1S/C23H23FN2O4S/c1-3-26(18-10-5-4-6-11-18)31(28,29)19-13-14-22(30-2)21(16-19)25-23(27)15-17-9-7-8-12-20(17)24/h4-14,16H,3,15H2,1-2H3,(H,25,27). The molecular weight excluding hydrogens is 419 g/mol. The number of anilines is 2. The van der Waals surface area contributed by atoms with Crippen LogP contribution in [0, 0.1) is 5.82 Å². The third kappa shape index (κ3) is 5.03. The number of hydrogen-bond donors (Lipinski definition) is 1. The third-order valence-corrected chi connectivity index (χ3v) is 6.57. The first-order valence-corrected chi connectivity index (χ1v) is 11.1. The predicted molar refractivity (Wildman–Crippen MR) is 118 cm³/mol. The number of hydrogen-bond acceptors (Lipinski definition) is 4. The summed E-state index contributed by atoms with van der Waals surface area (Å²) in [5.41, 5.74) is 0.962. The monoisotopic (exact) mass is 442 g/mol. The quantitative estimate of drug-likeness (QED) is 0.567. The van der Waals surface area contributed by atoms with Gasteiger partial charge in [0, 0.05) is 6.54 Å². The first-order valence-electron chi connectivity index (χ1n) is 9.66. The fourth-order valence-corrected chi connectivity index (χ4v) is 4.67. The van der Waals surface area contributed by atoms with Crippen LogP contribution in [0.1, 0.15) is 12.5 Å². The van der Waals surface area contributed by atoms with Gasteiger partial charge in [-0.25, -0.2) is 12.8 Å². The van der Waals surface area contributed by atoms with Gasteiger partial charge in [0.25, 0.3) is 10.0 Å². The van der Waals surface area contributed by atoms with Gasteiger partial charge in [-0.2, -0.15) is 0 Å². The molecule has 0 fully saturated rings. The minimum Gasteiger partial charge on any atom is -0.495 e. The predicted octanol–water partition coefficient (Wildman–Crippen LogP) is 4.23. The Balaban J connectivity index is 1.91. The van der Waals surface area contributed by atoms with Crippen molar-refractivity contribution in [3.8, 4) is 5.75 Å². The van der Waals surface area contributed by atoms with Gasteiger partial charge in [-0.1, -0.05) is 36.4 Å². The number of carbonyl (C=O) groups is 1. The maximum Gasteiger partial charge on any atom is 0.264 e. The fraction of sp³-hybridized carbons (Fsp3) is 0.174. The lowest BCUT2D eigenvalue weighted by atomic mass is 10.1. The van der Waals surface area contributed by atoms with Crippen molar-refractivity contribution in [2.75, 3.05) is 23.3 Å². The summed E-state index contributed by atoms with van der Waals surface area (Å²) in [6.07, 6.45) is -0.197. The van der Waals surface area contributed by atoms with E-state index in [1.807, 2.05) is 0 Å². The lowest BCUT2D eigenvalue weighted by Crippen LogP contribution is -2.30. The molecule has 3 aromatic rings. The number of nitrogens with one attached hydrogen (secondary N) is 1. The average Bonchev–Trinajstić information content (AvgIpc) is 2.76. The van der Waals surface area contributed by atoms with Gasteiger partial charge in [-0.3, -0.25) is 9.10 Å². The Morgan fingerprint density at radius 3 is 2.35 bits per heavy atom. The van der Waals surface area contributed by atoms with Crippen molar-refractivity contribution in [3.05, 3.63) is 84.2 Å². The number of benzene rings is 3. The fourth-order valence-electron chi connectivity index (χ4n) is 3.17. The molecule has 3 rings (SSSR count). The van der Waals surface area contributed by atoms with Gasteiger partial charge < -0.3 is 10.1 Å². The Hall–Kier alpha value is -3.39. The highest BCUT2D eigenvalue weighted by Crippen LogP contribution is 2.31. The summed E-state index contributed by atoms with van der Waals surface area (Å²) in [6.45, 7) is 1.97. The van der Waals surface area contributed by atoms with Crippen LogP contribution < -0.4 is 14.4 Å². The van der Waals surface area contributed by atoms with Crippen molar-refractivity contribution in [3.63, 3.8) is 0 Å². The van der Waals surface area contributed by atoms with Crippen molar-refractivity contribution < 1.29 is 22.3 Å². The molecule has 0 aliphatic carbocycles. The number of ether oxygens (including phenoxy) is 1. The lowest BCUT2D eigenvalue weighted by molar-refractivity contribution is -0.115. The molecule has 6 nitrogen and oxygen atoms in total. The molecule has 1 amide bonds. The average molecular weight is 443 g/mol. The van der Waals surface area contributed by atoms with Crippen molar-refractivity contribution in [2.24, 2.45) is 0 Å². The maximum absolute atomic E-state index is 13.9. The molecule has 0 aromatic heterocycles. The first-order chi connectivity index (χ1) is 14.9. The van der Waals surface area contributed by atoms with Gasteiger partial charge in [0.05, 0.1) is 29.8 Å². The Labute approximate surface area is 181 Å². The molecule has 162 valence electrons. The van der Waals surface area contributed by atoms with E-state index < -0.39 is 21.7 Å². The molecule has 3 aromatic carbocycles. The zero-order valence-corrected chi connectivity index (χ0v) is 18.0. The minimum absolute atomic E-state index is 0.000180. The number of nitrogens with zero attached hydrogens (tertiary/aromatic N) is 1. The van der Waals surface area contributed by atoms with E-state index >= 15 is 0 Å². The van der Waals surface area contributed by atoms with E-state index in [0.717, 1.165) is 0 Å². The van der Waals surface area contributed by atoms with E-state index in [2.05, 4.69) is 5.32 Å². The summed E-state index contributed by atoms with van der Waals surface area (Å²) in [5.74, 6) is -0.681. The number of rotatable bonds is 8. The van der Waals surface area contributed by atoms with Gasteiger partial charge in [0.2, 0.25) is 5.91 Å². The van der Waals surface area contributed by atoms with Gasteiger partial charge in [-0.15, -0.1) is 0 Å². The van der Waals surface area contributed by atoms with E-state index in [1.165, 1.54) is 41.7 Å². The molecule has 0 bridgehead atoms. The molecule has 0 radical (unpaired) electrons. The smallest absolute Gasteiger partial charge is 0.264 e. The van der Waals surface area contributed by atoms with Crippen LogP contribution in [-0.2, 0) is 21.2 Å². The topological polar surface area (TPSA) is 75.7 Å². The third-order valence-electron chi connectivity index (χ3n) is 4.67. The number of methoxy groups -OCH3 is 1. The number of sulfonamides is 1. The van der Waals surface area contributed by atoms with Crippen LogP contribution >= 0.6 is 0 Å². The summed E-state index contributed by atoms with van der Waals surface area (Å²) in [5, 5.41) is 2.63. The maximum atomic E-state index is 13.9. The number of para-hydroxylation sites is 1. The molecular formula is C23H23FN2O4S. The van der Waals surface area contributed by atoms with Crippen LogP contribution in [0.15, 0.2) is 77.7 Å². The van der Waals surface area contributed by atoms with Gasteiger partial charge in [-0.05, 0) is 48.9 Å². The van der Waals surface area contributed by atoms with Gasteiger partial charge >= 0.3 is 0 Å². The normalized spacial score (nSPS) is 11.1. The second-order valence-corrected chi connectivity index (χ2v) is 8.55. The Morgan fingerprint density at radius 1 is 1.03 bits per heavy atom. The van der Waals surface area contributed by atoms with E-state index in [0.29, 0.717) is 11.4 Å². The molecule has 0 unspecified atom stereocenters. The molecule has 0 saturated carbocycles. The molecule has 0 saturated heterocycles. The summed E-state index contributed by atoms with van der Waals surface area (Å²) < 4.78 is 46.9. The molecule has 0 spiro atoms. The van der Waals surface area contributed by atoms with Crippen LogP contribution in [0.2, 0.25) is 0 Å². The molecule has 0 heterocycles. The second-order valence-electron chi connectivity index (χ2n) is 6.68. The van der Waals surface area contributed by atoms with E-state index in [1.54, 1.807) is 49.4 Å². The largest absolute Gasteiger partial charge is 0.495 e. The molecule has 0 atom stereocenters. The molecule has 8 heteroatoms. The lowest BCUT2D eigenvalue weighted by Gasteiger charge is -2.23. The zero-order chi connectivity index (χ0) is 22.4. The second kappa shape index (κ2) is 9.61. The van der Waals surface area contributed by atoms with Crippen LogP contribution in [-0.4, -0.2) is 28.0 Å². The highest BCUT2D eigenvalue weighted by molar-refractivity contribution is 7.92. The van der Waals surface area contributed by atoms with Crippen LogP contribution in [0.4, 0.5) is 15.8 Å². The molecule has 0 aliphatic rings. The van der Waals surface area contributed by atoms with Crippen LogP contribution in [0.25, 0.3) is 0 Å². The van der Waals surface area contributed by atoms with Crippen molar-refractivity contribution in [1.29, 1.82) is 0 Å². The summed E-state index contributed by atoms with van der Waals surface area (Å²) >= 11 is 0. The number of carbonyl (C=O) groups excluding carboxylic acids is 1. The zero-order valence-electron chi connectivity index (χ0n) is 17.2. The Bertz CT molecular complexity index is 1170. The van der Waals surface area contributed by atoms with E-state index in [-0.39, 0.29) is 29.1 Å². The van der Waals surface area contributed by atoms with Gasteiger partial charge in [0.1, 0.15) is 11.6 Å². The SMILES string of the molecule is CCN(c1ccccc1)S(=O)(=O)c1ccc(OC)c(NC(=O)Cc2ccccc2F)c1. The minimum atomic E-state index is -3.89. The summed E-state index contributed by atoms with van der Waals surface area (Å²) in [4.78, 5) is 12.5. The highest BCUT2D eigenvalue weighted by atomic mass is 32.2. The van der Waals surface area contributed by atoms with E-state index in [4.69, 9.17) is 4.74 Å². The number of halogens is 1. The molecule has 0 aliphatic heterocycles. The number of amides is 1. The van der Waals surface area contributed by atoms with Crippen molar-refractivity contribution in [1.82, 2.24) is 0 Å². The van der Waals surface area contributed by atoms with Crippen LogP contribution in [0.3, 0.4) is 0 Å².